The van der Waals surface area contributed by atoms with Gasteiger partial charge in [0, 0.05) is 17.7 Å². The van der Waals surface area contributed by atoms with Crippen molar-refractivity contribution in [2.75, 3.05) is 5.32 Å². The summed E-state index contributed by atoms with van der Waals surface area (Å²) in [5.74, 6) is -0.466. The van der Waals surface area contributed by atoms with Crippen molar-refractivity contribution in [2.45, 2.75) is 12.3 Å². The number of carbonyl (C=O) groups is 2. The average Bonchev–Trinajstić information content (AvgIpc) is 2.76. The first kappa shape index (κ1) is 14.0. The van der Waals surface area contributed by atoms with E-state index in [4.69, 9.17) is 0 Å². The van der Waals surface area contributed by atoms with Crippen LogP contribution in [0.5, 0.6) is 0 Å². The van der Waals surface area contributed by atoms with E-state index in [2.05, 4.69) is 5.32 Å². The van der Waals surface area contributed by atoms with Crippen molar-refractivity contribution >= 4 is 17.4 Å². The van der Waals surface area contributed by atoms with E-state index in [-0.39, 0.29) is 29.5 Å². The molecule has 4 heteroatoms. The molecular weight excluding hydrogens is 254 g/mol. The van der Waals surface area contributed by atoms with Gasteiger partial charge in [0.2, 0.25) is 5.91 Å². The highest BCUT2D eigenvalue weighted by Crippen LogP contribution is 2.34. The summed E-state index contributed by atoms with van der Waals surface area (Å²) in [5, 5.41) is 2.81. The van der Waals surface area contributed by atoms with Crippen LogP contribution >= 0.6 is 0 Å². The maximum absolute atomic E-state index is 12.2. The van der Waals surface area contributed by atoms with Gasteiger partial charge in [-0.15, -0.1) is 0 Å². The maximum atomic E-state index is 12.2. The lowest BCUT2D eigenvalue weighted by atomic mass is 9.93. The zero-order valence-electron chi connectivity index (χ0n) is 10.8. The van der Waals surface area contributed by atoms with Gasteiger partial charge in [-0.1, -0.05) is 48.5 Å². The molecule has 1 unspecified atom stereocenters. The molecule has 3 rings (SSSR count). The second-order valence-corrected chi connectivity index (χ2v) is 4.62. The molecule has 0 aromatic heterocycles. The van der Waals surface area contributed by atoms with Crippen molar-refractivity contribution in [1.29, 1.82) is 0 Å². The Balaban J connectivity index is 0.00000147. The Labute approximate surface area is 116 Å². The van der Waals surface area contributed by atoms with Crippen LogP contribution < -0.4 is 5.32 Å². The van der Waals surface area contributed by atoms with Gasteiger partial charge in [-0.3, -0.25) is 9.59 Å². The van der Waals surface area contributed by atoms with E-state index >= 15 is 0 Å². The van der Waals surface area contributed by atoms with Crippen LogP contribution in [0.25, 0.3) is 0 Å². The molecule has 0 bridgehead atoms. The Kier molecular flexibility index (Phi) is 3.96. The van der Waals surface area contributed by atoms with Gasteiger partial charge in [0.25, 0.3) is 0 Å². The second-order valence-electron chi connectivity index (χ2n) is 4.62. The molecule has 1 aliphatic heterocycles. The minimum absolute atomic E-state index is 0. The highest BCUT2D eigenvalue weighted by atomic mass is 16.2. The van der Waals surface area contributed by atoms with Crippen molar-refractivity contribution in [3.8, 4) is 0 Å². The van der Waals surface area contributed by atoms with E-state index in [1.54, 1.807) is 12.1 Å². The van der Waals surface area contributed by atoms with Crippen molar-refractivity contribution in [3.63, 3.8) is 0 Å². The number of rotatable bonds is 3. The van der Waals surface area contributed by atoms with Crippen LogP contribution in [0.15, 0.2) is 54.6 Å². The minimum atomic E-state index is -0.371. The average molecular weight is 269 g/mol. The van der Waals surface area contributed by atoms with Crippen LogP contribution in [0.1, 0.15) is 28.3 Å². The molecule has 0 fully saturated rings. The SMILES string of the molecule is O.O=C(CC1C(=O)Nc2ccccc21)c1ccccc1. The summed E-state index contributed by atoms with van der Waals surface area (Å²) >= 11 is 0. The summed E-state index contributed by atoms with van der Waals surface area (Å²) in [5.41, 5.74) is 2.38. The lowest BCUT2D eigenvalue weighted by Crippen LogP contribution is -2.16. The summed E-state index contributed by atoms with van der Waals surface area (Å²) in [7, 11) is 0. The number of para-hydroxylation sites is 1. The predicted molar refractivity (Wildman–Crippen MR) is 76.8 cm³/mol. The van der Waals surface area contributed by atoms with E-state index in [0.717, 1.165) is 11.3 Å². The highest BCUT2D eigenvalue weighted by Gasteiger charge is 2.31. The number of amides is 1. The van der Waals surface area contributed by atoms with Crippen molar-refractivity contribution in [3.05, 3.63) is 65.7 Å². The number of hydrogen-bond acceptors (Lipinski definition) is 2. The topological polar surface area (TPSA) is 77.7 Å². The molecule has 0 radical (unpaired) electrons. The number of Topliss-reactive ketones (excluding diaryl/α,β-unsaturated/α-hetero) is 1. The summed E-state index contributed by atoms with van der Waals surface area (Å²) in [6.07, 6.45) is 0.215. The quantitative estimate of drug-likeness (QED) is 0.867. The molecule has 4 nitrogen and oxygen atoms in total. The zero-order chi connectivity index (χ0) is 13.2. The fourth-order valence-corrected chi connectivity index (χ4v) is 2.41. The molecule has 1 heterocycles. The number of carbonyl (C=O) groups excluding carboxylic acids is 2. The molecule has 2 aromatic rings. The fourth-order valence-electron chi connectivity index (χ4n) is 2.41. The molecule has 102 valence electrons. The molecular formula is C16H15NO3. The third-order valence-corrected chi connectivity index (χ3v) is 3.40. The molecule has 20 heavy (non-hydrogen) atoms. The van der Waals surface area contributed by atoms with Crippen LogP contribution in [-0.2, 0) is 4.79 Å². The predicted octanol–water partition coefficient (Wildman–Crippen LogP) is 2.17. The van der Waals surface area contributed by atoms with Crippen LogP contribution in [0.3, 0.4) is 0 Å². The monoisotopic (exact) mass is 269 g/mol. The third-order valence-electron chi connectivity index (χ3n) is 3.40. The molecule has 1 aliphatic rings. The van der Waals surface area contributed by atoms with Crippen molar-refractivity contribution in [1.82, 2.24) is 0 Å². The van der Waals surface area contributed by atoms with Crippen LogP contribution in [0.4, 0.5) is 5.69 Å². The first-order valence-electron chi connectivity index (χ1n) is 6.24. The standard InChI is InChI=1S/C16H13NO2.H2O/c18-15(11-6-2-1-3-7-11)10-13-12-8-4-5-9-14(12)17-16(13)19;/h1-9,13H,10H2,(H,17,19);1H2. The second kappa shape index (κ2) is 5.67. The van der Waals surface area contributed by atoms with Gasteiger partial charge in [-0.05, 0) is 11.6 Å². The Morgan fingerprint density at radius 3 is 2.40 bits per heavy atom. The molecule has 3 N–H and O–H groups in total. The van der Waals surface area contributed by atoms with Crippen LogP contribution in [0.2, 0.25) is 0 Å². The molecule has 1 atom stereocenters. The Morgan fingerprint density at radius 2 is 1.65 bits per heavy atom. The van der Waals surface area contributed by atoms with Gasteiger partial charge in [-0.2, -0.15) is 0 Å². The lowest BCUT2D eigenvalue weighted by molar-refractivity contribution is -0.117. The van der Waals surface area contributed by atoms with Crippen LogP contribution in [0, 0.1) is 0 Å². The summed E-state index contributed by atoms with van der Waals surface area (Å²) in [4.78, 5) is 24.1. The Morgan fingerprint density at radius 1 is 1.00 bits per heavy atom. The zero-order valence-corrected chi connectivity index (χ0v) is 10.8. The Bertz CT molecular complexity index is 637. The maximum Gasteiger partial charge on any atom is 0.232 e. The number of nitrogens with one attached hydrogen (secondary N) is 1. The number of benzene rings is 2. The summed E-state index contributed by atoms with van der Waals surface area (Å²) in [6.45, 7) is 0. The third kappa shape index (κ3) is 2.46. The molecule has 0 saturated carbocycles. The highest BCUT2D eigenvalue weighted by molar-refractivity contribution is 6.07. The van der Waals surface area contributed by atoms with E-state index < -0.39 is 0 Å². The lowest BCUT2D eigenvalue weighted by Gasteiger charge is -2.07. The first-order chi connectivity index (χ1) is 9.25. The van der Waals surface area contributed by atoms with Crippen molar-refractivity contribution < 1.29 is 15.1 Å². The normalized spacial score (nSPS) is 16.0. The van der Waals surface area contributed by atoms with E-state index in [1.807, 2.05) is 42.5 Å². The smallest absolute Gasteiger partial charge is 0.232 e. The number of hydrogen-bond donors (Lipinski definition) is 1. The fraction of sp³-hybridized carbons (Fsp3) is 0.125. The largest absolute Gasteiger partial charge is 0.412 e. The molecule has 2 aromatic carbocycles. The van der Waals surface area contributed by atoms with Gasteiger partial charge < -0.3 is 10.8 Å². The minimum Gasteiger partial charge on any atom is -0.412 e. The van der Waals surface area contributed by atoms with Gasteiger partial charge in [-0.25, -0.2) is 0 Å². The van der Waals surface area contributed by atoms with E-state index in [0.29, 0.717) is 5.56 Å². The molecule has 0 spiro atoms. The van der Waals surface area contributed by atoms with E-state index in [1.165, 1.54) is 0 Å². The van der Waals surface area contributed by atoms with Crippen LogP contribution in [-0.4, -0.2) is 17.2 Å². The molecule has 0 saturated heterocycles. The molecule has 0 aliphatic carbocycles. The molecule has 1 amide bonds. The first-order valence-corrected chi connectivity index (χ1v) is 6.24. The number of fused-ring (bicyclic) bond motifs is 1. The van der Waals surface area contributed by atoms with E-state index in [9.17, 15) is 9.59 Å². The number of ketones is 1. The summed E-state index contributed by atoms with van der Waals surface area (Å²) in [6, 6.07) is 16.6. The van der Waals surface area contributed by atoms with Gasteiger partial charge >= 0.3 is 0 Å². The number of anilines is 1. The summed E-state index contributed by atoms with van der Waals surface area (Å²) < 4.78 is 0. The van der Waals surface area contributed by atoms with Gasteiger partial charge in [0.1, 0.15) is 0 Å². The van der Waals surface area contributed by atoms with Crippen molar-refractivity contribution in [2.24, 2.45) is 0 Å². The van der Waals surface area contributed by atoms with Gasteiger partial charge in [0.15, 0.2) is 5.78 Å². The Hall–Kier alpha value is -2.46. The van der Waals surface area contributed by atoms with Gasteiger partial charge in [0.05, 0.1) is 5.92 Å².